The van der Waals surface area contributed by atoms with E-state index in [4.69, 9.17) is 15.0 Å². The summed E-state index contributed by atoms with van der Waals surface area (Å²) in [5.41, 5.74) is 11.3. The van der Waals surface area contributed by atoms with Crippen LogP contribution in [-0.4, -0.2) is 42.4 Å². The molecule has 35 heavy (non-hydrogen) atoms. The van der Waals surface area contributed by atoms with Crippen molar-refractivity contribution >= 4 is 34.2 Å². The number of ether oxygens (including phenoxy) is 1. The lowest BCUT2D eigenvalue weighted by Crippen LogP contribution is -2.35. The predicted molar refractivity (Wildman–Crippen MR) is 134 cm³/mol. The molecule has 0 aliphatic carbocycles. The molecule has 0 radical (unpaired) electrons. The number of nitrogen functional groups attached to an aromatic ring is 1. The highest BCUT2D eigenvalue weighted by Crippen LogP contribution is 2.35. The number of nitrogens with zero attached hydrogens (tertiary/aromatic N) is 2. The zero-order valence-corrected chi connectivity index (χ0v) is 19.3. The molecule has 0 spiro atoms. The van der Waals surface area contributed by atoms with Crippen molar-refractivity contribution in [1.82, 2.24) is 10.1 Å². The molecule has 0 atom stereocenters. The number of amides is 2. The van der Waals surface area contributed by atoms with Crippen molar-refractivity contribution in [2.24, 2.45) is 0 Å². The number of nitrogens with one attached hydrogen (secondary N) is 2. The Morgan fingerprint density at radius 2 is 1.86 bits per heavy atom. The molecular weight excluding hydrogens is 449 g/mol. The molecule has 0 unspecified atom stereocenters. The number of hydrogen-bond donors (Lipinski definition) is 3. The molecule has 3 aromatic carbocycles. The van der Waals surface area contributed by atoms with E-state index < -0.39 is 11.8 Å². The molecule has 1 aliphatic rings. The van der Waals surface area contributed by atoms with Gasteiger partial charge in [-0.15, -0.1) is 0 Å². The van der Waals surface area contributed by atoms with E-state index >= 15 is 0 Å². The monoisotopic (exact) mass is 475 g/mol. The summed E-state index contributed by atoms with van der Waals surface area (Å²) in [4.78, 5) is 14.7. The highest BCUT2D eigenvalue weighted by Gasteiger charge is 2.19. The first-order chi connectivity index (χ1) is 17.0. The van der Waals surface area contributed by atoms with Crippen LogP contribution in [0.5, 0.6) is 0 Å². The number of carbonyl (C=O) groups excluding carboxylic acids is 1. The number of halogens is 1. The second-order valence-electron chi connectivity index (χ2n) is 8.57. The van der Waals surface area contributed by atoms with Crippen LogP contribution in [-0.2, 0) is 11.3 Å². The number of morpholine rings is 1. The summed E-state index contributed by atoms with van der Waals surface area (Å²) in [5.74, 6) is -0.228. The fourth-order valence-corrected chi connectivity index (χ4v) is 4.25. The van der Waals surface area contributed by atoms with Crippen LogP contribution in [0.4, 0.5) is 26.4 Å². The number of nitrogens with two attached hydrogens (primary N) is 1. The molecule has 1 fully saturated rings. The van der Waals surface area contributed by atoms with Crippen LogP contribution in [0.25, 0.3) is 22.0 Å². The first kappa shape index (κ1) is 22.8. The van der Waals surface area contributed by atoms with Gasteiger partial charge < -0.3 is 25.6 Å². The Labute approximate surface area is 201 Å². The van der Waals surface area contributed by atoms with Gasteiger partial charge in [-0.3, -0.25) is 4.90 Å². The topological polar surface area (TPSA) is 106 Å². The van der Waals surface area contributed by atoms with Crippen LogP contribution in [0.2, 0.25) is 0 Å². The molecule has 5 rings (SSSR count). The zero-order valence-electron chi connectivity index (χ0n) is 19.3. The molecule has 4 aromatic rings. The highest BCUT2D eigenvalue weighted by molar-refractivity contribution is 6.03. The maximum absolute atomic E-state index is 13.9. The fraction of sp³-hybridized carbons (Fsp3) is 0.231. The number of aromatic nitrogens is 1. The molecule has 1 aliphatic heterocycles. The number of rotatable bonds is 5. The van der Waals surface area contributed by atoms with Gasteiger partial charge in [-0.2, -0.15) is 0 Å². The molecule has 9 heteroatoms. The van der Waals surface area contributed by atoms with E-state index in [0.29, 0.717) is 5.69 Å². The van der Waals surface area contributed by atoms with E-state index in [9.17, 15) is 9.18 Å². The molecule has 1 saturated heterocycles. The summed E-state index contributed by atoms with van der Waals surface area (Å²) < 4.78 is 24.7. The van der Waals surface area contributed by atoms with Crippen molar-refractivity contribution in [3.8, 4) is 11.1 Å². The SMILES string of the molecule is Cc1ccc(F)c(NC(=O)Nc2ccc(-c3ccc(CN4CCOCC4)c4noc(N)c34)cc2)c1. The second kappa shape index (κ2) is 9.73. The third-order valence-electron chi connectivity index (χ3n) is 6.06. The van der Waals surface area contributed by atoms with Gasteiger partial charge in [0.15, 0.2) is 0 Å². The summed E-state index contributed by atoms with van der Waals surface area (Å²) in [6.07, 6.45) is 0. The first-order valence-electron chi connectivity index (χ1n) is 11.4. The van der Waals surface area contributed by atoms with Gasteiger partial charge in [0, 0.05) is 25.3 Å². The van der Waals surface area contributed by atoms with Crippen LogP contribution in [0, 0.1) is 12.7 Å². The normalized spacial score (nSPS) is 14.2. The van der Waals surface area contributed by atoms with E-state index in [-0.39, 0.29) is 11.6 Å². The fourth-order valence-electron chi connectivity index (χ4n) is 4.25. The van der Waals surface area contributed by atoms with Gasteiger partial charge in [-0.05, 0) is 53.4 Å². The van der Waals surface area contributed by atoms with Gasteiger partial charge in [0.25, 0.3) is 0 Å². The van der Waals surface area contributed by atoms with Crippen molar-refractivity contribution in [3.63, 3.8) is 0 Å². The lowest BCUT2D eigenvalue weighted by atomic mass is 9.98. The third kappa shape index (κ3) is 4.96. The van der Waals surface area contributed by atoms with Gasteiger partial charge in [0.2, 0.25) is 5.88 Å². The van der Waals surface area contributed by atoms with Crippen LogP contribution in [0.15, 0.2) is 59.1 Å². The minimum absolute atomic E-state index is 0.126. The van der Waals surface area contributed by atoms with Crippen molar-refractivity contribution in [2.45, 2.75) is 13.5 Å². The first-order valence-corrected chi connectivity index (χ1v) is 11.4. The van der Waals surface area contributed by atoms with Gasteiger partial charge in [-0.1, -0.05) is 35.5 Å². The Kier molecular flexibility index (Phi) is 6.35. The van der Waals surface area contributed by atoms with Crippen LogP contribution in [0.1, 0.15) is 11.1 Å². The summed E-state index contributed by atoms with van der Waals surface area (Å²) in [6.45, 7) is 5.76. The molecule has 0 bridgehead atoms. The van der Waals surface area contributed by atoms with E-state index in [1.54, 1.807) is 24.3 Å². The van der Waals surface area contributed by atoms with Crippen molar-refractivity contribution in [3.05, 3.63) is 71.5 Å². The summed E-state index contributed by atoms with van der Waals surface area (Å²) >= 11 is 0. The zero-order chi connectivity index (χ0) is 24.4. The summed E-state index contributed by atoms with van der Waals surface area (Å²) in [6, 6.07) is 15.4. The minimum atomic E-state index is -0.527. The van der Waals surface area contributed by atoms with E-state index in [0.717, 1.165) is 66.0 Å². The van der Waals surface area contributed by atoms with Crippen LogP contribution < -0.4 is 16.4 Å². The van der Waals surface area contributed by atoms with E-state index in [1.165, 1.54) is 6.07 Å². The standard InChI is InChI=1S/C26H26FN5O3/c1-16-2-9-21(27)22(14-16)30-26(33)29-19-6-3-17(4-7-19)20-8-5-18(15-32-10-12-34-13-11-32)24-23(20)25(28)35-31-24/h2-9,14H,10-13,15,28H2,1H3,(H2,29,30,33). The van der Waals surface area contributed by atoms with Gasteiger partial charge in [0.05, 0.1) is 24.3 Å². The largest absolute Gasteiger partial charge is 0.379 e. The predicted octanol–water partition coefficient (Wildman–Crippen LogP) is 5.00. The number of fused-ring (bicyclic) bond motifs is 1. The molecule has 2 amide bonds. The smallest absolute Gasteiger partial charge is 0.323 e. The van der Waals surface area contributed by atoms with E-state index in [1.807, 2.05) is 31.2 Å². The number of anilines is 3. The van der Waals surface area contributed by atoms with E-state index in [2.05, 4.69) is 20.7 Å². The number of benzene rings is 3. The van der Waals surface area contributed by atoms with Gasteiger partial charge >= 0.3 is 6.03 Å². The van der Waals surface area contributed by atoms with Crippen LogP contribution >= 0.6 is 0 Å². The van der Waals surface area contributed by atoms with Crippen molar-refractivity contribution in [1.29, 1.82) is 0 Å². The highest BCUT2D eigenvalue weighted by atomic mass is 19.1. The molecule has 8 nitrogen and oxygen atoms in total. The third-order valence-corrected chi connectivity index (χ3v) is 6.06. The maximum Gasteiger partial charge on any atom is 0.323 e. The average Bonchev–Trinajstić information content (AvgIpc) is 3.25. The number of carbonyl (C=O) groups is 1. The Bertz CT molecular complexity index is 1360. The average molecular weight is 476 g/mol. The van der Waals surface area contributed by atoms with Crippen LogP contribution in [0.3, 0.4) is 0 Å². The second-order valence-corrected chi connectivity index (χ2v) is 8.57. The Balaban J connectivity index is 1.34. The van der Waals surface area contributed by atoms with Crippen molar-refractivity contribution < 1.29 is 18.4 Å². The number of aryl methyl sites for hydroxylation is 1. The lowest BCUT2D eigenvalue weighted by Gasteiger charge is -2.26. The van der Waals surface area contributed by atoms with Gasteiger partial charge in [0.1, 0.15) is 11.3 Å². The Morgan fingerprint density at radius 3 is 2.63 bits per heavy atom. The van der Waals surface area contributed by atoms with Crippen molar-refractivity contribution in [2.75, 3.05) is 42.7 Å². The molecular formula is C26H26FN5O3. The maximum atomic E-state index is 13.9. The molecule has 0 saturated carbocycles. The molecule has 2 heterocycles. The van der Waals surface area contributed by atoms with Gasteiger partial charge in [-0.25, -0.2) is 9.18 Å². The quantitative estimate of drug-likeness (QED) is 0.375. The summed E-state index contributed by atoms with van der Waals surface area (Å²) in [7, 11) is 0. The summed E-state index contributed by atoms with van der Waals surface area (Å²) in [5, 5.41) is 10.3. The number of urea groups is 1. The lowest BCUT2D eigenvalue weighted by molar-refractivity contribution is 0.0343. The number of hydrogen-bond acceptors (Lipinski definition) is 6. The Morgan fingerprint density at radius 1 is 1.09 bits per heavy atom. The minimum Gasteiger partial charge on any atom is -0.379 e. The molecule has 1 aromatic heterocycles. The molecule has 4 N–H and O–H groups in total. The Hall–Kier alpha value is -3.95. The molecule has 180 valence electrons.